The van der Waals surface area contributed by atoms with E-state index in [4.69, 9.17) is 10.5 Å². The Balaban J connectivity index is 1.92. The molecule has 2 aromatic rings. The van der Waals surface area contributed by atoms with E-state index in [1.165, 1.54) is 4.79 Å². The van der Waals surface area contributed by atoms with Gasteiger partial charge in [0.2, 0.25) is 0 Å². The van der Waals surface area contributed by atoms with Crippen LogP contribution in [-0.2, 0) is 6.54 Å². The molecule has 7 heteroatoms. The maximum absolute atomic E-state index is 5.56. The summed E-state index contributed by atoms with van der Waals surface area (Å²) in [4.78, 5) is 1.33. The maximum Gasteiger partial charge on any atom is 0.260 e. The summed E-state index contributed by atoms with van der Waals surface area (Å²) in [7, 11) is 0. The van der Waals surface area contributed by atoms with Gasteiger partial charge in [0, 0.05) is 0 Å². The lowest BCUT2D eigenvalue weighted by atomic mass is 10.2. The third-order valence-electron chi connectivity index (χ3n) is 2.22. The van der Waals surface area contributed by atoms with Crippen molar-refractivity contribution in [1.82, 2.24) is 20.3 Å². The first kappa shape index (κ1) is 12.2. The van der Waals surface area contributed by atoms with Crippen molar-refractivity contribution in [3.8, 4) is 5.75 Å². The van der Waals surface area contributed by atoms with Crippen molar-refractivity contribution in [3.05, 3.63) is 29.8 Å². The zero-order chi connectivity index (χ0) is 13.0. The fourth-order valence-corrected chi connectivity index (χ4v) is 1.43. The quantitative estimate of drug-likeness (QED) is 0.812. The molecule has 2 rings (SSSR count). The Kier molecular flexibility index (Phi) is 3.61. The number of nitrogen functional groups attached to an aromatic ring is 1. The van der Waals surface area contributed by atoms with Gasteiger partial charge in [-0.15, -0.1) is 4.79 Å². The minimum Gasteiger partial charge on any atom is -0.491 e. The summed E-state index contributed by atoms with van der Waals surface area (Å²) in [5, 5.41) is 10.7. The molecule has 1 heterocycles. The number of nitrogens with zero attached hydrogens (tertiary/aromatic N) is 4. The molecule has 0 amide bonds. The van der Waals surface area contributed by atoms with Crippen molar-refractivity contribution in [2.45, 2.75) is 26.5 Å². The van der Waals surface area contributed by atoms with Crippen molar-refractivity contribution >= 4 is 5.95 Å². The molecule has 0 radical (unpaired) electrons. The molecule has 0 aliphatic carbocycles. The van der Waals surface area contributed by atoms with Gasteiger partial charge in [-0.05, 0) is 42.0 Å². The van der Waals surface area contributed by atoms with Gasteiger partial charge in [0.1, 0.15) is 5.75 Å². The SMILES string of the molecule is CC(C)Oc1ccc(CNn2nnnc2N)cc1. The molecule has 0 bridgehead atoms. The zero-order valence-electron chi connectivity index (χ0n) is 10.4. The number of aromatic nitrogens is 4. The van der Waals surface area contributed by atoms with Gasteiger partial charge in [0.05, 0.1) is 12.6 Å². The molecular formula is C11H16N6O. The Labute approximate surface area is 105 Å². The highest BCUT2D eigenvalue weighted by Crippen LogP contribution is 2.13. The molecule has 0 saturated heterocycles. The third-order valence-corrected chi connectivity index (χ3v) is 2.22. The van der Waals surface area contributed by atoms with E-state index < -0.39 is 0 Å². The number of anilines is 1. The first-order valence-corrected chi connectivity index (χ1v) is 5.68. The van der Waals surface area contributed by atoms with Crippen molar-refractivity contribution in [1.29, 1.82) is 0 Å². The molecule has 0 aliphatic heterocycles. The summed E-state index contributed by atoms with van der Waals surface area (Å²) in [6.07, 6.45) is 0.176. The number of benzene rings is 1. The number of nitrogens with two attached hydrogens (primary N) is 1. The van der Waals surface area contributed by atoms with Crippen LogP contribution in [0.1, 0.15) is 19.4 Å². The normalized spacial score (nSPS) is 10.6. The minimum atomic E-state index is 0.176. The summed E-state index contributed by atoms with van der Waals surface area (Å²) < 4.78 is 5.56. The second kappa shape index (κ2) is 5.35. The van der Waals surface area contributed by atoms with Crippen LogP contribution < -0.4 is 15.9 Å². The van der Waals surface area contributed by atoms with Crippen LogP contribution in [-0.4, -0.2) is 26.4 Å². The average Bonchev–Trinajstić information content (AvgIpc) is 2.73. The van der Waals surface area contributed by atoms with Gasteiger partial charge < -0.3 is 15.9 Å². The Bertz CT molecular complexity index is 492. The minimum absolute atomic E-state index is 0.176. The van der Waals surface area contributed by atoms with Crippen LogP contribution in [0.3, 0.4) is 0 Å². The number of nitrogens with one attached hydrogen (secondary N) is 1. The second-order valence-electron chi connectivity index (χ2n) is 4.09. The molecule has 1 aromatic heterocycles. The average molecular weight is 248 g/mol. The van der Waals surface area contributed by atoms with Crippen molar-refractivity contribution in [3.63, 3.8) is 0 Å². The topological polar surface area (TPSA) is 90.9 Å². The smallest absolute Gasteiger partial charge is 0.260 e. The fraction of sp³-hybridized carbons (Fsp3) is 0.364. The summed E-state index contributed by atoms with van der Waals surface area (Å²) in [5.74, 6) is 1.09. The highest BCUT2D eigenvalue weighted by atomic mass is 16.5. The van der Waals surface area contributed by atoms with Crippen LogP contribution >= 0.6 is 0 Å². The van der Waals surface area contributed by atoms with Crippen LogP contribution in [0.2, 0.25) is 0 Å². The van der Waals surface area contributed by atoms with E-state index in [1.54, 1.807) is 0 Å². The molecule has 0 saturated carbocycles. The van der Waals surface area contributed by atoms with Crippen LogP contribution in [0.25, 0.3) is 0 Å². The third kappa shape index (κ3) is 3.09. The first-order chi connectivity index (χ1) is 8.65. The standard InChI is InChI=1S/C11H16N6O/c1-8(2)18-10-5-3-9(4-6-10)7-13-17-11(12)14-15-16-17/h3-6,8,13H,7H2,1-2H3,(H2,12,14,16). The maximum atomic E-state index is 5.56. The predicted octanol–water partition coefficient (Wildman–Crippen LogP) is 0.786. The van der Waals surface area contributed by atoms with Gasteiger partial charge in [-0.2, -0.15) is 0 Å². The summed E-state index contributed by atoms with van der Waals surface area (Å²) >= 11 is 0. The Morgan fingerprint density at radius 2 is 2.06 bits per heavy atom. The lowest BCUT2D eigenvalue weighted by Gasteiger charge is -2.10. The molecule has 0 spiro atoms. The molecule has 3 N–H and O–H groups in total. The van der Waals surface area contributed by atoms with Gasteiger partial charge in [-0.1, -0.05) is 17.2 Å². The van der Waals surface area contributed by atoms with Crippen molar-refractivity contribution < 1.29 is 4.74 Å². The largest absolute Gasteiger partial charge is 0.491 e. The fourth-order valence-electron chi connectivity index (χ4n) is 1.43. The zero-order valence-corrected chi connectivity index (χ0v) is 10.4. The summed E-state index contributed by atoms with van der Waals surface area (Å²) in [6, 6.07) is 7.82. The van der Waals surface area contributed by atoms with Gasteiger partial charge in [-0.3, -0.25) is 0 Å². The molecular weight excluding hydrogens is 232 g/mol. The number of hydrogen-bond acceptors (Lipinski definition) is 6. The molecule has 1 aromatic carbocycles. The lowest BCUT2D eigenvalue weighted by molar-refractivity contribution is 0.242. The number of hydrogen-bond donors (Lipinski definition) is 2. The van der Waals surface area contributed by atoms with Gasteiger partial charge >= 0.3 is 0 Å². The molecule has 0 atom stereocenters. The molecule has 18 heavy (non-hydrogen) atoms. The summed E-state index contributed by atoms with van der Waals surface area (Å²) in [6.45, 7) is 4.57. The van der Waals surface area contributed by atoms with E-state index in [0.717, 1.165) is 11.3 Å². The Morgan fingerprint density at radius 1 is 1.33 bits per heavy atom. The summed E-state index contributed by atoms with van der Waals surface area (Å²) in [5.41, 5.74) is 9.60. The van der Waals surface area contributed by atoms with Crippen molar-refractivity contribution in [2.24, 2.45) is 0 Å². The van der Waals surface area contributed by atoms with E-state index >= 15 is 0 Å². The second-order valence-corrected chi connectivity index (χ2v) is 4.09. The van der Waals surface area contributed by atoms with E-state index in [-0.39, 0.29) is 12.1 Å². The lowest BCUT2D eigenvalue weighted by Crippen LogP contribution is -2.18. The molecule has 0 aliphatic rings. The van der Waals surface area contributed by atoms with Crippen LogP contribution in [0.15, 0.2) is 24.3 Å². The molecule has 0 fully saturated rings. The Morgan fingerprint density at radius 3 is 2.61 bits per heavy atom. The highest BCUT2D eigenvalue weighted by molar-refractivity contribution is 5.28. The monoisotopic (exact) mass is 248 g/mol. The first-order valence-electron chi connectivity index (χ1n) is 5.68. The van der Waals surface area contributed by atoms with Crippen LogP contribution in [0.5, 0.6) is 5.75 Å². The number of ether oxygens (including phenoxy) is 1. The Hall–Kier alpha value is -2.31. The van der Waals surface area contributed by atoms with E-state index in [1.807, 2.05) is 38.1 Å². The van der Waals surface area contributed by atoms with Gasteiger partial charge in [0.15, 0.2) is 0 Å². The predicted molar refractivity (Wildman–Crippen MR) is 67.5 cm³/mol. The number of rotatable bonds is 5. The van der Waals surface area contributed by atoms with Crippen molar-refractivity contribution in [2.75, 3.05) is 11.2 Å². The number of tetrazole rings is 1. The molecule has 7 nitrogen and oxygen atoms in total. The van der Waals surface area contributed by atoms with E-state index in [0.29, 0.717) is 6.54 Å². The molecule has 96 valence electrons. The van der Waals surface area contributed by atoms with Gasteiger partial charge in [0.25, 0.3) is 5.95 Å². The van der Waals surface area contributed by atoms with E-state index in [2.05, 4.69) is 21.0 Å². The molecule has 0 unspecified atom stereocenters. The van der Waals surface area contributed by atoms with Crippen LogP contribution in [0, 0.1) is 0 Å². The van der Waals surface area contributed by atoms with Crippen LogP contribution in [0.4, 0.5) is 5.95 Å². The highest BCUT2D eigenvalue weighted by Gasteiger charge is 2.01. The van der Waals surface area contributed by atoms with E-state index in [9.17, 15) is 0 Å². The van der Waals surface area contributed by atoms with Gasteiger partial charge in [-0.25, -0.2) is 0 Å².